The molecule has 0 aromatic heterocycles. The number of hydrogen-bond donors (Lipinski definition) is 0. The van der Waals surface area contributed by atoms with Crippen molar-refractivity contribution in [2.24, 2.45) is 5.92 Å². The van der Waals surface area contributed by atoms with Crippen molar-refractivity contribution in [3.63, 3.8) is 0 Å². The van der Waals surface area contributed by atoms with Gasteiger partial charge in [-0.25, -0.2) is 0 Å². The maximum absolute atomic E-state index is 6.15. The lowest BCUT2D eigenvalue weighted by molar-refractivity contribution is -0.0621. The smallest absolute Gasteiger partial charge is 0.0772 e. The molecule has 0 heterocycles. The number of ether oxygens (including phenoxy) is 2. The van der Waals surface area contributed by atoms with E-state index in [4.69, 9.17) is 9.47 Å². The fourth-order valence-electron chi connectivity index (χ4n) is 2.33. The van der Waals surface area contributed by atoms with E-state index in [-0.39, 0.29) is 5.60 Å². The van der Waals surface area contributed by atoms with Crippen molar-refractivity contribution < 1.29 is 9.47 Å². The maximum atomic E-state index is 6.15. The summed E-state index contributed by atoms with van der Waals surface area (Å²) in [6.07, 6.45) is 7.89. The van der Waals surface area contributed by atoms with E-state index in [1.165, 1.54) is 38.5 Å². The SMILES string of the molecule is CC(C)COCCOC1(CI)CCCCCC1. The molecule has 102 valence electrons. The van der Waals surface area contributed by atoms with Crippen molar-refractivity contribution in [1.82, 2.24) is 0 Å². The van der Waals surface area contributed by atoms with Gasteiger partial charge in [-0.05, 0) is 18.8 Å². The zero-order valence-corrected chi connectivity index (χ0v) is 13.5. The van der Waals surface area contributed by atoms with Gasteiger partial charge in [0.1, 0.15) is 0 Å². The lowest BCUT2D eigenvalue weighted by atomic mass is 9.97. The molecule has 2 nitrogen and oxygen atoms in total. The predicted octanol–water partition coefficient (Wildman–Crippen LogP) is 4.20. The maximum Gasteiger partial charge on any atom is 0.0772 e. The van der Waals surface area contributed by atoms with Crippen LogP contribution in [0.25, 0.3) is 0 Å². The van der Waals surface area contributed by atoms with E-state index < -0.39 is 0 Å². The summed E-state index contributed by atoms with van der Waals surface area (Å²) in [6, 6.07) is 0. The Hall–Kier alpha value is 0.650. The van der Waals surface area contributed by atoms with Gasteiger partial charge < -0.3 is 9.47 Å². The van der Waals surface area contributed by atoms with E-state index in [9.17, 15) is 0 Å². The second-order valence-electron chi connectivity index (χ2n) is 5.55. The first kappa shape index (κ1) is 15.7. The van der Waals surface area contributed by atoms with E-state index in [0.717, 1.165) is 24.2 Å². The van der Waals surface area contributed by atoms with Crippen LogP contribution in [0.3, 0.4) is 0 Å². The van der Waals surface area contributed by atoms with Crippen LogP contribution in [0.2, 0.25) is 0 Å². The number of hydrogen-bond acceptors (Lipinski definition) is 2. The summed E-state index contributed by atoms with van der Waals surface area (Å²) < 4.78 is 12.8. The van der Waals surface area contributed by atoms with Crippen molar-refractivity contribution in [3.05, 3.63) is 0 Å². The Balaban J connectivity index is 2.20. The summed E-state index contributed by atoms with van der Waals surface area (Å²) in [7, 11) is 0. The third-order valence-corrected chi connectivity index (χ3v) is 4.74. The summed E-state index contributed by atoms with van der Waals surface area (Å²) in [5, 5.41) is 0. The predicted molar refractivity (Wildman–Crippen MR) is 80.9 cm³/mol. The Morgan fingerprint density at radius 3 is 2.24 bits per heavy atom. The molecule has 0 aliphatic heterocycles. The number of halogens is 1. The molecule has 0 radical (unpaired) electrons. The topological polar surface area (TPSA) is 18.5 Å². The average Bonchev–Trinajstić information content (AvgIpc) is 2.54. The van der Waals surface area contributed by atoms with Crippen LogP contribution < -0.4 is 0 Å². The zero-order chi connectivity index (χ0) is 12.6. The Kier molecular flexibility index (Phi) is 8.04. The standard InChI is InChI=1S/C14H27IO2/c1-13(2)11-16-9-10-17-14(12-15)7-5-3-4-6-8-14/h13H,3-12H2,1-2H3. The molecule has 0 unspecified atom stereocenters. The molecule has 0 spiro atoms. The van der Waals surface area contributed by atoms with E-state index in [2.05, 4.69) is 36.4 Å². The van der Waals surface area contributed by atoms with Gasteiger partial charge >= 0.3 is 0 Å². The normalized spacial score (nSPS) is 20.5. The van der Waals surface area contributed by atoms with E-state index in [1.807, 2.05) is 0 Å². The highest BCUT2D eigenvalue weighted by Gasteiger charge is 2.30. The van der Waals surface area contributed by atoms with Gasteiger partial charge in [-0.2, -0.15) is 0 Å². The highest BCUT2D eigenvalue weighted by molar-refractivity contribution is 14.1. The first-order chi connectivity index (χ1) is 8.18. The minimum absolute atomic E-state index is 0.151. The quantitative estimate of drug-likeness (QED) is 0.295. The van der Waals surface area contributed by atoms with Gasteiger partial charge in [0.2, 0.25) is 0 Å². The van der Waals surface area contributed by atoms with Gasteiger partial charge in [0.05, 0.1) is 18.8 Å². The second-order valence-corrected chi connectivity index (χ2v) is 6.31. The third-order valence-electron chi connectivity index (χ3n) is 3.35. The average molecular weight is 354 g/mol. The Morgan fingerprint density at radius 2 is 1.71 bits per heavy atom. The summed E-state index contributed by atoms with van der Waals surface area (Å²) in [5.74, 6) is 0.617. The number of alkyl halides is 1. The van der Waals surface area contributed by atoms with Crippen LogP contribution in [0.15, 0.2) is 0 Å². The van der Waals surface area contributed by atoms with Crippen molar-refractivity contribution in [3.8, 4) is 0 Å². The van der Waals surface area contributed by atoms with Crippen molar-refractivity contribution >= 4 is 22.6 Å². The van der Waals surface area contributed by atoms with E-state index in [0.29, 0.717) is 5.92 Å². The summed E-state index contributed by atoms with van der Waals surface area (Å²) in [4.78, 5) is 0. The lowest BCUT2D eigenvalue weighted by Crippen LogP contribution is -2.35. The molecular formula is C14H27IO2. The third kappa shape index (κ3) is 6.39. The zero-order valence-electron chi connectivity index (χ0n) is 11.3. The van der Waals surface area contributed by atoms with Crippen LogP contribution in [-0.4, -0.2) is 29.8 Å². The molecule has 0 amide bonds. The highest BCUT2D eigenvalue weighted by Crippen LogP contribution is 2.32. The summed E-state index contributed by atoms with van der Waals surface area (Å²) in [6.45, 7) is 6.71. The molecule has 0 aromatic rings. The monoisotopic (exact) mass is 354 g/mol. The molecule has 0 atom stereocenters. The molecule has 1 aliphatic carbocycles. The molecular weight excluding hydrogens is 327 g/mol. The molecule has 1 aliphatic rings. The molecule has 1 rings (SSSR count). The van der Waals surface area contributed by atoms with Gasteiger partial charge in [-0.15, -0.1) is 0 Å². The van der Waals surface area contributed by atoms with Gasteiger partial charge in [0.25, 0.3) is 0 Å². The Bertz CT molecular complexity index is 187. The van der Waals surface area contributed by atoms with E-state index in [1.54, 1.807) is 0 Å². The summed E-state index contributed by atoms with van der Waals surface area (Å²) in [5.41, 5.74) is 0.151. The molecule has 0 bridgehead atoms. The fraction of sp³-hybridized carbons (Fsp3) is 1.00. The first-order valence-corrected chi connectivity index (χ1v) is 8.49. The van der Waals surface area contributed by atoms with Gasteiger partial charge in [0, 0.05) is 11.0 Å². The Labute approximate surface area is 120 Å². The number of rotatable bonds is 7. The highest BCUT2D eigenvalue weighted by atomic mass is 127. The van der Waals surface area contributed by atoms with Crippen LogP contribution in [0, 0.1) is 5.92 Å². The van der Waals surface area contributed by atoms with Gasteiger partial charge in [-0.3, -0.25) is 0 Å². The fourth-order valence-corrected chi connectivity index (χ4v) is 3.31. The van der Waals surface area contributed by atoms with E-state index >= 15 is 0 Å². The van der Waals surface area contributed by atoms with Crippen LogP contribution in [0.4, 0.5) is 0 Å². The minimum Gasteiger partial charge on any atom is -0.379 e. The summed E-state index contributed by atoms with van der Waals surface area (Å²) >= 11 is 2.48. The Morgan fingerprint density at radius 1 is 1.06 bits per heavy atom. The van der Waals surface area contributed by atoms with Crippen molar-refractivity contribution in [2.75, 3.05) is 24.2 Å². The molecule has 1 fully saturated rings. The lowest BCUT2D eigenvalue weighted by Gasteiger charge is -2.31. The largest absolute Gasteiger partial charge is 0.379 e. The second kappa shape index (κ2) is 8.70. The molecule has 0 N–H and O–H groups in total. The molecule has 17 heavy (non-hydrogen) atoms. The van der Waals surface area contributed by atoms with Gasteiger partial charge in [0.15, 0.2) is 0 Å². The minimum atomic E-state index is 0.151. The first-order valence-electron chi connectivity index (χ1n) is 6.96. The van der Waals surface area contributed by atoms with Crippen LogP contribution in [0.5, 0.6) is 0 Å². The molecule has 1 saturated carbocycles. The molecule has 0 aromatic carbocycles. The van der Waals surface area contributed by atoms with Crippen LogP contribution >= 0.6 is 22.6 Å². The van der Waals surface area contributed by atoms with Gasteiger partial charge in [-0.1, -0.05) is 62.1 Å². The van der Waals surface area contributed by atoms with Crippen LogP contribution in [0.1, 0.15) is 52.4 Å². The molecule has 0 saturated heterocycles. The van der Waals surface area contributed by atoms with Crippen molar-refractivity contribution in [2.45, 2.75) is 58.0 Å². The molecule has 3 heteroatoms. The van der Waals surface area contributed by atoms with Crippen LogP contribution in [-0.2, 0) is 9.47 Å². The van der Waals surface area contributed by atoms with Crippen molar-refractivity contribution in [1.29, 1.82) is 0 Å².